The van der Waals surface area contributed by atoms with Crippen LogP contribution in [0.1, 0.15) is 48.2 Å². The molecule has 10 heteroatoms. The summed E-state index contributed by atoms with van der Waals surface area (Å²) in [5.41, 5.74) is 6.31. The number of amides is 1. The van der Waals surface area contributed by atoms with Crippen molar-refractivity contribution in [2.24, 2.45) is 0 Å². The van der Waals surface area contributed by atoms with Crippen LogP contribution in [0.3, 0.4) is 0 Å². The number of nitrogens with one attached hydrogen (secondary N) is 1. The van der Waals surface area contributed by atoms with E-state index < -0.39 is 5.97 Å². The monoisotopic (exact) mass is 621 g/mol. The van der Waals surface area contributed by atoms with Crippen molar-refractivity contribution in [3.63, 3.8) is 0 Å². The molecule has 1 aromatic heterocycles. The van der Waals surface area contributed by atoms with Crippen molar-refractivity contribution < 1.29 is 33.6 Å². The van der Waals surface area contributed by atoms with E-state index in [1.165, 1.54) is 0 Å². The van der Waals surface area contributed by atoms with Crippen LogP contribution in [0.4, 0.5) is 11.4 Å². The highest BCUT2D eigenvalue weighted by Gasteiger charge is 2.15. The molecule has 0 aliphatic rings. The maximum atomic E-state index is 13.4. The van der Waals surface area contributed by atoms with Crippen molar-refractivity contribution in [3.05, 3.63) is 77.5 Å². The van der Waals surface area contributed by atoms with E-state index in [4.69, 9.17) is 24.1 Å². The normalized spacial score (nSPS) is 11.0. The molecule has 3 rings (SSSR count). The highest BCUT2D eigenvalue weighted by atomic mass is 16.6. The van der Waals surface area contributed by atoms with Crippen LogP contribution in [0, 0.1) is 6.92 Å². The molecule has 0 unspecified atom stereocenters. The summed E-state index contributed by atoms with van der Waals surface area (Å²) in [6.45, 7) is 11.5. The highest BCUT2D eigenvalue weighted by Crippen LogP contribution is 2.32. The minimum absolute atomic E-state index is 0.00584. The first-order valence-corrected chi connectivity index (χ1v) is 15.7. The molecule has 45 heavy (non-hydrogen) atoms. The minimum atomic E-state index is -0.875. The van der Waals surface area contributed by atoms with Crippen LogP contribution >= 0.6 is 0 Å². The van der Waals surface area contributed by atoms with Gasteiger partial charge in [-0.15, -0.1) is 0 Å². The zero-order valence-corrected chi connectivity index (χ0v) is 26.8. The standard InChI is InChI=1S/C35H47N3O7/c1-4-38(5-2)30-11-12-32(31(26-30)33-24-27(3)13-15-36-33)37-35(41)29-10-6-8-28(25-29)9-7-16-42-18-20-44-22-23-45-21-19-43-17-14-34(39)40/h6,8,10-13,15,24-26H,4-5,7,9,14,16-23H2,1-3H3,(H,37,41)(H,39,40). The van der Waals surface area contributed by atoms with Crippen LogP contribution in [0.5, 0.6) is 0 Å². The fraction of sp³-hybridized carbons (Fsp3) is 0.457. The molecule has 1 heterocycles. The zero-order valence-electron chi connectivity index (χ0n) is 26.8. The van der Waals surface area contributed by atoms with E-state index >= 15 is 0 Å². The Kier molecular flexibility index (Phi) is 16.0. The number of carbonyl (C=O) groups is 2. The van der Waals surface area contributed by atoms with Crippen LogP contribution < -0.4 is 10.2 Å². The zero-order chi connectivity index (χ0) is 32.3. The molecule has 1 amide bonds. The number of hydrogen-bond donors (Lipinski definition) is 2. The second-order valence-electron chi connectivity index (χ2n) is 10.5. The van der Waals surface area contributed by atoms with Crippen LogP contribution in [0.15, 0.2) is 60.8 Å². The first-order chi connectivity index (χ1) is 21.9. The molecule has 0 radical (unpaired) electrons. The molecule has 0 aliphatic heterocycles. The van der Waals surface area contributed by atoms with Gasteiger partial charge in [-0.3, -0.25) is 14.6 Å². The number of carbonyl (C=O) groups excluding carboxylic acids is 1. The lowest BCUT2D eigenvalue weighted by Crippen LogP contribution is -2.22. The predicted octanol–water partition coefficient (Wildman–Crippen LogP) is 5.63. The van der Waals surface area contributed by atoms with Gasteiger partial charge < -0.3 is 34.3 Å². The van der Waals surface area contributed by atoms with Gasteiger partial charge in [-0.1, -0.05) is 12.1 Å². The lowest BCUT2D eigenvalue weighted by Gasteiger charge is -2.23. The number of pyridine rings is 1. The van der Waals surface area contributed by atoms with E-state index in [0.29, 0.717) is 51.8 Å². The van der Waals surface area contributed by atoms with Crippen molar-refractivity contribution in [3.8, 4) is 11.3 Å². The maximum absolute atomic E-state index is 13.4. The molecule has 0 bridgehead atoms. The van der Waals surface area contributed by atoms with Gasteiger partial charge in [0.05, 0.1) is 64.1 Å². The summed E-state index contributed by atoms with van der Waals surface area (Å²) in [6, 6.07) is 17.8. The van der Waals surface area contributed by atoms with E-state index in [9.17, 15) is 9.59 Å². The van der Waals surface area contributed by atoms with Gasteiger partial charge in [0, 0.05) is 42.7 Å². The van der Waals surface area contributed by atoms with Gasteiger partial charge in [-0.05, 0) is 87.2 Å². The molecule has 0 aliphatic carbocycles. The molecule has 2 N–H and O–H groups in total. The molecule has 0 fully saturated rings. The number of aliphatic carboxylic acids is 1. The summed E-state index contributed by atoms with van der Waals surface area (Å²) < 4.78 is 21.7. The van der Waals surface area contributed by atoms with Gasteiger partial charge in [0.25, 0.3) is 5.91 Å². The number of nitrogens with zero attached hydrogens (tertiary/aromatic N) is 2. The van der Waals surface area contributed by atoms with E-state index in [2.05, 4.69) is 35.1 Å². The minimum Gasteiger partial charge on any atom is -0.481 e. The lowest BCUT2D eigenvalue weighted by molar-refractivity contribution is -0.138. The average Bonchev–Trinajstić information content (AvgIpc) is 3.04. The molecule has 2 aromatic carbocycles. The molecule has 0 saturated heterocycles. The highest BCUT2D eigenvalue weighted by molar-refractivity contribution is 6.06. The molecule has 0 atom stereocenters. The Morgan fingerprint density at radius 3 is 2.13 bits per heavy atom. The molecular formula is C35H47N3O7. The topological polar surface area (TPSA) is 119 Å². The summed E-state index contributed by atoms with van der Waals surface area (Å²) in [5.74, 6) is -1.04. The maximum Gasteiger partial charge on any atom is 0.305 e. The third-order valence-electron chi connectivity index (χ3n) is 7.09. The summed E-state index contributed by atoms with van der Waals surface area (Å²) in [5, 5.41) is 11.7. The summed E-state index contributed by atoms with van der Waals surface area (Å²) in [4.78, 5) is 30.6. The van der Waals surface area contributed by atoms with E-state index in [-0.39, 0.29) is 18.9 Å². The number of carboxylic acids is 1. The van der Waals surface area contributed by atoms with Gasteiger partial charge in [-0.25, -0.2) is 0 Å². The number of aromatic nitrogens is 1. The Balaban J connectivity index is 1.41. The second kappa shape index (κ2) is 20.2. The first kappa shape index (κ1) is 35.6. The van der Waals surface area contributed by atoms with Crippen LogP contribution in [0.2, 0.25) is 0 Å². The Morgan fingerprint density at radius 1 is 0.822 bits per heavy atom. The fourth-order valence-electron chi connectivity index (χ4n) is 4.68. The molecular weight excluding hydrogens is 574 g/mol. The van der Waals surface area contributed by atoms with Crippen LogP contribution in [-0.4, -0.2) is 87.9 Å². The van der Waals surface area contributed by atoms with Gasteiger partial charge in [0.2, 0.25) is 0 Å². The molecule has 10 nitrogen and oxygen atoms in total. The molecule has 244 valence electrons. The second-order valence-corrected chi connectivity index (χ2v) is 10.5. The number of carboxylic acid groups (broad SMARTS) is 1. The number of hydrogen-bond acceptors (Lipinski definition) is 8. The van der Waals surface area contributed by atoms with Gasteiger partial charge in [0.1, 0.15) is 0 Å². The Hall–Kier alpha value is -3.83. The quantitative estimate of drug-likeness (QED) is 0.138. The summed E-state index contributed by atoms with van der Waals surface area (Å²) >= 11 is 0. The van der Waals surface area contributed by atoms with Crippen molar-refractivity contribution >= 4 is 23.3 Å². The SMILES string of the molecule is CCN(CC)c1ccc(NC(=O)c2cccc(CCCOCCOCCOCCOCCC(=O)O)c2)c(-c2cc(C)ccn2)c1. The Labute approximate surface area is 266 Å². The van der Waals surface area contributed by atoms with Crippen molar-refractivity contribution in [1.82, 2.24) is 4.98 Å². The third-order valence-corrected chi connectivity index (χ3v) is 7.09. The number of anilines is 2. The first-order valence-electron chi connectivity index (χ1n) is 15.7. The van der Waals surface area contributed by atoms with Gasteiger partial charge >= 0.3 is 5.97 Å². The molecule has 0 saturated carbocycles. The number of aryl methyl sites for hydroxylation is 2. The third kappa shape index (κ3) is 13.0. The van der Waals surface area contributed by atoms with Gasteiger partial charge in [0.15, 0.2) is 0 Å². The summed E-state index contributed by atoms with van der Waals surface area (Å²) in [6.07, 6.45) is 3.41. The Morgan fingerprint density at radius 2 is 1.49 bits per heavy atom. The Bertz CT molecular complexity index is 1330. The fourth-order valence-corrected chi connectivity index (χ4v) is 4.68. The van der Waals surface area contributed by atoms with Crippen molar-refractivity contribution in [1.29, 1.82) is 0 Å². The molecule has 0 spiro atoms. The number of rotatable bonds is 22. The predicted molar refractivity (Wildman–Crippen MR) is 176 cm³/mol. The largest absolute Gasteiger partial charge is 0.481 e. The van der Waals surface area contributed by atoms with Crippen LogP contribution in [-0.2, 0) is 30.2 Å². The van der Waals surface area contributed by atoms with Crippen LogP contribution in [0.25, 0.3) is 11.3 Å². The average molecular weight is 622 g/mol. The van der Waals surface area contributed by atoms with Crippen molar-refractivity contribution in [2.75, 3.05) is 76.2 Å². The van der Waals surface area contributed by atoms with Crippen molar-refractivity contribution in [2.45, 2.75) is 40.0 Å². The van der Waals surface area contributed by atoms with E-state index in [1.54, 1.807) is 6.20 Å². The number of ether oxygens (including phenoxy) is 4. The smallest absolute Gasteiger partial charge is 0.305 e. The van der Waals surface area contributed by atoms with E-state index in [0.717, 1.165) is 59.7 Å². The van der Waals surface area contributed by atoms with E-state index in [1.807, 2.05) is 55.5 Å². The van der Waals surface area contributed by atoms with Gasteiger partial charge in [-0.2, -0.15) is 0 Å². The number of benzene rings is 2. The molecule has 3 aromatic rings. The lowest BCUT2D eigenvalue weighted by atomic mass is 10.0. The summed E-state index contributed by atoms with van der Waals surface area (Å²) in [7, 11) is 0.